The van der Waals surface area contributed by atoms with Gasteiger partial charge in [-0.05, 0) is 0 Å². The van der Waals surface area contributed by atoms with Crippen molar-refractivity contribution in [3.8, 4) is 0 Å². The molecule has 2 unspecified atom stereocenters. The third-order valence-electron chi connectivity index (χ3n) is 2.36. The fourth-order valence-electron chi connectivity index (χ4n) is 1.33. The lowest BCUT2D eigenvalue weighted by Crippen LogP contribution is -2.54. The monoisotopic (exact) mass is 350 g/mol. The van der Waals surface area contributed by atoms with Gasteiger partial charge in [0.25, 0.3) is 0 Å². The molecular weight excluding hydrogens is 332 g/mol. The van der Waals surface area contributed by atoms with E-state index in [1.165, 1.54) is 0 Å². The van der Waals surface area contributed by atoms with E-state index in [-0.39, 0.29) is 5.75 Å². The molecule has 130 valence electrons. The Morgan fingerprint density at radius 1 is 1.00 bits per heavy atom. The third kappa shape index (κ3) is 9.18. The Kier molecular flexibility index (Phi) is 9.15. The quantitative estimate of drug-likeness (QED) is 0.223. The number of nitrogens with one attached hydrogen (secondary N) is 4. The molecule has 2 atom stereocenters. The lowest BCUT2D eigenvalue weighted by Gasteiger charge is -2.18. The van der Waals surface area contributed by atoms with Gasteiger partial charge in [0, 0.05) is 12.7 Å². The third-order valence-corrected chi connectivity index (χ3v) is 2.73. The topological polar surface area (TPSA) is 174 Å². The average Bonchev–Trinajstić information content (AvgIpc) is 2.45. The maximum absolute atomic E-state index is 11.6. The number of thiol groups is 1. The van der Waals surface area contributed by atoms with Crippen LogP contribution in [-0.2, 0) is 19.2 Å². The maximum atomic E-state index is 11.6. The molecule has 6 N–H and O–H groups in total. The van der Waals surface area contributed by atoms with Crippen molar-refractivity contribution in [2.24, 2.45) is 0 Å². The lowest BCUT2D eigenvalue weighted by atomic mass is 10.3. The van der Waals surface area contributed by atoms with Crippen molar-refractivity contribution in [3.63, 3.8) is 0 Å². The fraction of sp³-hybridized carbons (Fsp3) is 0.545. The SMILES string of the molecule is CC(=O)NC(CNC(=O)NC(CS)C(=O)NCC(=O)O)C(=O)O. The highest BCUT2D eigenvalue weighted by Gasteiger charge is 2.22. The molecule has 0 aliphatic rings. The van der Waals surface area contributed by atoms with Gasteiger partial charge >= 0.3 is 18.0 Å². The van der Waals surface area contributed by atoms with Gasteiger partial charge in [0.1, 0.15) is 18.6 Å². The molecule has 0 rings (SSSR count). The number of carbonyl (C=O) groups excluding carboxylic acids is 3. The Bertz CT molecular complexity index is 485. The molecule has 4 amide bonds. The first-order valence-electron chi connectivity index (χ1n) is 6.32. The summed E-state index contributed by atoms with van der Waals surface area (Å²) in [6.45, 7) is 0.104. The van der Waals surface area contributed by atoms with E-state index in [0.29, 0.717) is 0 Å². The summed E-state index contributed by atoms with van der Waals surface area (Å²) in [5, 5.41) is 25.9. The Morgan fingerprint density at radius 2 is 1.61 bits per heavy atom. The van der Waals surface area contributed by atoms with Crippen LogP contribution in [0.15, 0.2) is 0 Å². The van der Waals surface area contributed by atoms with E-state index in [1.807, 2.05) is 0 Å². The minimum Gasteiger partial charge on any atom is -0.480 e. The van der Waals surface area contributed by atoms with Crippen molar-refractivity contribution in [1.82, 2.24) is 21.3 Å². The Balaban J connectivity index is 4.43. The van der Waals surface area contributed by atoms with Crippen molar-refractivity contribution < 1.29 is 34.2 Å². The molecule has 23 heavy (non-hydrogen) atoms. The molecular formula is C11H18N4O7S. The van der Waals surface area contributed by atoms with Crippen LogP contribution in [0.25, 0.3) is 0 Å². The van der Waals surface area contributed by atoms with Gasteiger partial charge in [0.2, 0.25) is 11.8 Å². The highest BCUT2D eigenvalue weighted by atomic mass is 32.1. The van der Waals surface area contributed by atoms with E-state index in [1.54, 1.807) is 0 Å². The van der Waals surface area contributed by atoms with Crippen LogP contribution in [0.5, 0.6) is 0 Å². The lowest BCUT2D eigenvalue weighted by molar-refractivity contribution is -0.141. The maximum Gasteiger partial charge on any atom is 0.328 e. The molecule has 0 radical (unpaired) electrons. The van der Waals surface area contributed by atoms with Crippen LogP contribution in [0.1, 0.15) is 6.92 Å². The number of hydrogen-bond acceptors (Lipinski definition) is 6. The molecule has 0 aromatic heterocycles. The second-order valence-electron chi connectivity index (χ2n) is 4.29. The fourth-order valence-corrected chi connectivity index (χ4v) is 1.59. The summed E-state index contributed by atoms with van der Waals surface area (Å²) in [5.41, 5.74) is 0. The number of urea groups is 1. The zero-order chi connectivity index (χ0) is 18.0. The zero-order valence-corrected chi connectivity index (χ0v) is 13.1. The van der Waals surface area contributed by atoms with Crippen molar-refractivity contribution in [1.29, 1.82) is 0 Å². The number of hydrogen-bond donors (Lipinski definition) is 7. The van der Waals surface area contributed by atoms with Gasteiger partial charge < -0.3 is 31.5 Å². The van der Waals surface area contributed by atoms with Gasteiger partial charge in [0.05, 0.1) is 6.54 Å². The zero-order valence-electron chi connectivity index (χ0n) is 12.2. The minimum absolute atomic E-state index is 0.104. The number of carboxylic acids is 2. The molecule has 0 heterocycles. The first kappa shape index (κ1) is 20.5. The van der Waals surface area contributed by atoms with Crippen molar-refractivity contribution in [2.45, 2.75) is 19.0 Å². The van der Waals surface area contributed by atoms with Crippen molar-refractivity contribution in [2.75, 3.05) is 18.8 Å². The summed E-state index contributed by atoms with van der Waals surface area (Å²) in [5.74, 6) is -4.03. The molecule has 0 saturated carbocycles. The van der Waals surface area contributed by atoms with Crippen LogP contribution in [0, 0.1) is 0 Å². The summed E-state index contributed by atoms with van der Waals surface area (Å²) in [4.78, 5) is 55.2. The van der Waals surface area contributed by atoms with E-state index in [9.17, 15) is 24.0 Å². The number of amides is 4. The van der Waals surface area contributed by atoms with Gasteiger partial charge in [-0.3, -0.25) is 14.4 Å². The highest BCUT2D eigenvalue weighted by molar-refractivity contribution is 7.80. The van der Waals surface area contributed by atoms with Crippen LogP contribution in [0.2, 0.25) is 0 Å². The van der Waals surface area contributed by atoms with Gasteiger partial charge in [-0.2, -0.15) is 12.6 Å². The molecule has 0 aromatic rings. The summed E-state index contributed by atoms with van der Waals surface area (Å²) < 4.78 is 0. The molecule has 0 fully saturated rings. The first-order chi connectivity index (χ1) is 10.7. The molecule has 0 spiro atoms. The van der Waals surface area contributed by atoms with Crippen molar-refractivity contribution >= 4 is 42.4 Å². The van der Waals surface area contributed by atoms with Crippen LogP contribution in [-0.4, -0.2) is 70.9 Å². The number of aliphatic carboxylic acids is 2. The van der Waals surface area contributed by atoms with Gasteiger partial charge in [-0.25, -0.2) is 9.59 Å². The predicted octanol–water partition coefficient (Wildman–Crippen LogP) is -2.63. The standard InChI is InChI=1S/C11H18N4O7S/c1-5(16)14-6(10(20)21)2-13-11(22)15-7(4-23)9(19)12-3-8(17)18/h6-7,23H,2-4H2,1H3,(H,12,19)(H,14,16)(H,17,18)(H,20,21)(H2,13,15,22). The first-order valence-corrected chi connectivity index (χ1v) is 6.95. The summed E-state index contributed by atoms with van der Waals surface area (Å²) >= 11 is 3.86. The Hall–Kier alpha value is -2.50. The molecule has 0 aromatic carbocycles. The normalized spacial score (nSPS) is 12.4. The molecule has 12 heteroatoms. The van der Waals surface area contributed by atoms with E-state index >= 15 is 0 Å². The Labute approximate surface area is 136 Å². The van der Waals surface area contributed by atoms with Crippen molar-refractivity contribution in [3.05, 3.63) is 0 Å². The summed E-state index contributed by atoms with van der Waals surface area (Å²) in [6.07, 6.45) is 0. The predicted molar refractivity (Wildman–Crippen MR) is 80.1 cm³/mol. The van der Waals surface area contributed by atoms with E-state index in [0.717, 1.165) is 6.92 Å². The highest BCUT2D eigenvalue weighted by Crippen LogP contribution is 1.90. The van der Waals surface area contributed by atoms with E-state index in [2.05, 4.69) is 33.9 Å². The molecule has 0 aliphatic carbocycles. The smallest absolute Gasteiger partial charge is 0.328 e. The molecule has 0 saturated heterocycles. The molecule has 0 bridgehead atoms. The Morgan fingerprint density at radius 3 is 2.04 bits per heavy atom. The minimum atomic E-state index is -1.34. The van der Waals surface area contributed by atoms with Crippen LogP contribution in [0.3, 0.4) is 0 Å². The molecule has 0 aliphatic heterocycles. The number of carboxylic acid groups (broad SMARTS) is 2. The second kappa shape index (κ2) is 10.3. The van der Waals surface area contributed by atoms with Crippen LogP contribution >= 0.6 is 12.6 Å². The summed E-state index contributed by atoms with van der Waals surface area (Å²) in [7, 11) is 0. The number of rotatable bonds is 9. The van der Waals surface area contributed by atoms with E-state index < -0.39 is 55.0 Å². The van der Waals surface area contributed by atoms with Crippen LogP contribution in [0.4, 0.5) is 4.79 Å². The number of carbonyl (C=O) groups is 5. The largest absolute Gasteiger partial charge is 0.480 e. The summed E-state index contributed by atoms with van der Waals surface area (Å²) in [6, 6.07) is -3.30. The second-order valence-corrected chi connectivity index (χ2v) is 4.66. The van der Waals surface area contributed by atoms with Crippen LogP contribution < -0.4 is 21.3 Å². The molecule has 11 nitrogen and oxygen atoms in total. The van der Waals surface area contributed by atoms with Gasteiger partial charge in [-0.15, -0.1) is 0 Å². The average molecular weight is 350 g/mol. The van der Waals surface area contributed by atoms with E-state index in [4.69, 9.17) is 10.2 Å². The van der Waals surface area contributed by atoms with Gasteiger partial charge in [-0.1, -0.05) is 0 Å². The van der Waals surface area contributed by atoms with Gasteiger partial charge in [0.15, 0.2) is 0 Å².